The molecular weight excluding hydrogens is 398 g/mol. The van der Waals surface area contributed by atoms with Gasteiger partial charge in [-0.3, -0.25) is 24.0 Å². The highest BCUT2D eigenvalue weighted by Gasteiger charge is 2.31. The lowest BCUT2D eigenvalue weighted by Gasteiger charge is -2.29. The summed E-state index contributed by atoms with van der Waals surface area (Å²) >= 11 is 0. The summed E-state index contributed by atoms with van der Waals surface area (Å²) < 4.78 is 25.7. The van der Waals surface area contributed by atoms with E-state index in [0.29, 0.717) is 16.8 Å². The van der Waals surface area contributed by atoms with Gasteiger partial charge < -0.3 is 5.32 Å². The van der Waals surface area contributed by atoms with Crippen molar-refractivity contribution in [3.05, 3.63) is 63.7 Å². The molecule has 1 atom stereocenters. The van der Waals surface area contributed by atoms with Crippen molar-refractivity contribution in [3.63, 3.8) is 0 Å². The van der Waals surface area contributed by atoms with Crippen molar-refractivity contribution in [1.82, 2.24) is 0 Å². The Bertz CT molecular complexity index is 1080. The van der Waals surface area contributed by atoms with Gasteiger partial charge in [-0.25, -0.2) is 8.42 Å². The normalized spacial score (nSPS) is 12.1. The molecule has 1 amide bonds. The molecule has 0 spiro atoms. The molecule has 0 aliphatic heterocycles. The number of nitrogens with one attached hydrogen (secondary N) is 1. The molecule has 2 rings (SSSR count). The van der Waals surface area contributed by atoms with Gasteiger partial charge >= 0.3 is 0 Å². The summed E-state index contributed by atoms with van der Waals surface area (Å²) in [6, 6.07) is 8.84. The standard InChI is InChI=1S/C19H21N3O6S/c1-12-8-9-17(22(25)26)11-18(12)21(29(4,27)28)13(2)19(24)20-16-7-5-6-15(10-16)14(3)23/h5-11,13H,1-4H3,(H,20,24). The molecule has 0 saturated heterocycles. The number of benzene rings is 2. The summed E-state index contributed by atoms with van der Waals surface area (Å²) in [6.45, 7) is 4.36. The van der Waals surface area contributed by atoms with Crippen LogP contribution in [0.3, 0.4) is 0 Å². The third kappa shape index (κ3) is 5.17. The molecule has 2 aromatic rings. The van der Waals surface area contributed by atoms with Crippen LogP contribution in [-0.4, -0.2) is 37.3 Å². The number of amides is 1. The zero-order chi connectivity index (χ0) is 21.9. The number of ketones is 1. The minimum Gasteiger partial charge on any atom is -0.324 e. The number of nitro groups is 1. The van der Waals surface area contributed by atoms with Crippen LogP contribution in [0.4, 0.5) is 17.1 Å². The highest BCUT2D eigenvalue weighted by molar-refractivity contribution is 7.92. The van der Waals surface area contributed by atoms with E-state index in [1.54, 1.807) is 25.1 Å². The Morgan fingerprint density at radius 2 is 1.83 bits per heavy atom. The first-order valence-electron chi connectivity index (χ1n) is 8.58. The fourth-order valence-corrected chi connectivity index (χ4v) is 4.02. The Labute approximate surface area is 168 Å². The first-order chi connectivity index (χ1) is 13.4. The third-order valence-electron chi connectivity index (χ3n) is 4.27. The second kappa shape index (κ2) is 8.39. The molecule has 0 aliphatic rings. The van der Waals surface area contributed by atoms with Crippen LogP contribution in [0.2, 0.25) is 0 Å². The van der Waals surface area contributed by atoms with Crippen molar-refractivity contribution in [2.45, 2.75) is 26.8 Å². The Hall–Kier alpha value is -3.27. The second-order valence-electron chi connectivity index (χ2n) is 6.59. The van der Waals surface area contributed by atoms with E-state index >= 15 is 0 Å². The van der Waals surface area contributed by atoms with Crippen LogP contribution < -0.4 is 9.62 Å². The van der Waals surface area contributed by atoms with Crippen molar-refractivity contribution in [2.24, 2.45) is 0 Å². The smallest absolute Gasteiger partial charge is 0.271 e. The van der Waals surface area contributed by atoms with Gasteiger partial charge in [-0.1, -0.05) is 18.2 Å². The predicted octanol–water partition coefficient (Wildman–Crippen LogP) is 2.90. The Kier molecular flexibility index (Phi) is 6.38. The molecule has 1 unspecified atom stereocenters. The van der Waals surface area contributed by atoms with Gasteiger partial charge in [-0.2, -0.15) is 0 Å². The van der Waals surface area contributed by atoms with E-state index in [4.69, 9.17) is 0 Å². The Balaban J connectivity index is 2.42. The summed E-state index contributed by atoms with van der Waals surface area (Å²) in [5, 5.41) is 13.7. The third-order valence-corrected chi connectivity index (χ3v) is 5.49. The van der Waals surface area contributed by atoms with Gasteiger partial charge in [-0.05, 0) is 38.5 Å². The van der Waals surface area contributed by atoms with Crippen molar-refractivity contribution < 1.29 is 22.9 Å². The number of nitrogens with zero attached hydrogens (tertiary/aromatic N) is 2. The van der Waals surface area contributed by atoms with Crippen LogP contribution in [0.25, 0.3) is 0 Å². The summed E-state index contributed by atoms with van der Waals surface area (Å²) in [5.41, 5.74) is 0.936. The first kappa shape index (κ1) is 22.0. The van der Waals surface area contributed by atoms with Crippen molar-refractivity contribution in [3.8, 4) is 0 Å². The number of hydrogen-bond donors (Lipinski definition) is 1. The summed E-state index contributed by atoms with van der Waals surface area (Å²) in [7, 11) is -3.95. The lowest BCUT2D eigenvalue weighted by atomic mass is 10.1. The molecular formula is C19H21N3O6S. The highest BCUT2D eigenvalue weighted by atomic mass is 32.2. The van der Waals surface area contributed by atoms with Crippen LogP contribution in [0, 0.1) is 17.0 Å². The molecule has 2 aromatic carbocycles. The van der Waals surface area contributed by atoms with Crippen LogP contribution in [-0.2, 0) is 14.8 Å². The van der Waals surface area contributed by atoms with Crippen molar-refractivity contribution >= 4 is 38.8 Å². The van der Waals surface area contributed by atoms with Crippen LogP contribution in [0.15, 0.2) is 42.5 Å². The molecule has 0 aliphatic carbocycles. The average Bonchev–Trinajstić information content (AvgIpc) is 2.62. The average molecular weight is 419 g/mol. The van der Waals surface area contributed by atoms with Gasteiger partial charge in [0, 0.05) is 23.4 Å². The zero-order valence-corrected chi connectivity index (χ0v) is 17.2. The number of Topliss-reactive ketones (excluding diaryl/α,β-unsaturated/α-hetero) is 1. The van der Waals surface area contributed by atoms with Crippen LogP contribution in [0.5, 0.6) is 0 Å². The highest BCUT2D eigenvalue weighted by Crippen LogP contribution is 2.29. The molecule has 0 fully saturated rings. The van der Waals surface area contributed by atoms with Gasteiger partial charge in [0.05, 0.1) is 16.9 Å². The van der Waals surface area contributed by atoms with Gasteiger partial charge in [0.1, 0.15) is 6.04 Å². The van der Waals surface area contributed by atoms with Crippen molar-refractivity contribution in [1.29, 1.82) is 0 Å². The number of rotatable bonds is 7. The maximum Gasteiger partial charge on any atom is 0.271 e. The number of anilines is 2. The molecule has 154 valence electrons. The molecule has 0 radical (unpaired) electrons. The molecule has 0 aromatic heterocycles. The lowest BCUT2D eigenvalue weighted by molar-refractivity contribution is -0.384. The van der Waals surface area contributed by atoms with Crippen molar-refractivity contribution in [2.75, 3.05) is 15.9 Å². The van der Waals surface area contributed by atoms with E-state index in [-0.39, 0.29) is 17.2 Å². The zero-order valence-electron chi connectivity index (χ0n) is 16.4. The molecule has 0 saturated carbocycles. The van der Waals surface area contributed by atoms with E-state index in [1.165, 1.54) is 32.0 Å². The predicted molar refractivity (Wildman–Crippen MR) is 110 cm³/mol. The number of nitro benzene ring substituents is 1. The summed E-state index contributed by atoms with van der Waals surface area (Å²) in [5.74, 6) is -0.832. The molecule has 0 bridgehead atoms. The quantitative estimate of drug-likeness (QED) is 0.418. The summed E-state index contributed by atoms with van der Waals surface area (Å²) in [6.07, 6.45) is 0.922. The number of hydrogen-bond acceptors (Lipinski definition) is 6. The number of non-ortho nitro benzene ring substituents is 1. The minimum absolute atomic E-state index is 0.0434. The largest absolute Gasteiger partial charge is 0.324 e. The fraction of sp³-hybridized carbons (Fsp3) is 0.263. The van der Waals surface area contributed by atoms with E-state index in [9.17, 15) is 28.1 Å². The number of carbonyl (C=O) groups excluding carboxylic acids is 2. The minimum atomic E-state index is -3.95. The lowest BCUT2D eigenvalue weighted by Crippen LogP contribution is -2.45. The van der Waals surface area contributed by atoms with Gasteiger partial charge in [-0.15, -0.1) is 0 Å². The topological polar surface area (TPSA) is 127 Å². The van der Waals surface area contributed by atoms with Gasteiger partial charge in [0.25, 0.3) is 5.69 Å². The van der Waals surface area contributed by atoms with Gasteiger partial charge in [0.2, 0.25) is 15.9 Å². The van der Waals surface area contributed by atoms with Crippen LogP contribution in [0.1, 0.15) is 29.8 Å². The monoisotopic (exact) mass is 419 g/mol. The van der Waals surface area contributed by atoms with E-state index in [0.717, 1.165) is 16.6 Å². The molecule has 0 heterocycles. The number of aryl methyl sites for hydroxylation is 1. The Morgan fingerprint density at radius 1 is 1.17 bits per heavy atom. The van der Waals surface area contributed by atoms with E-state index in [2.05, 4.69) is 5.32 Å². The van der Waals surface area contributed by atoms with E-state index in [1.807, 2.05) is 0 Å². The van der Waals surface area contributed by atoms with E-state index < -0.39 is 26.9 Å². The second-order valence-corrected chi connectivity index (χ2v) is 8.45. The summed E-state index contributed by atoms with van der Waals surface area (Å²) in [4.78, 5) is 34.7. The first-order valence-corrected chi connectivity index (χ1v) is 10.4. The van der Waals surface area contributed by atoms with Crippen LogP contribution >= 0.6 is 0 Å². The Morgan fingerprint density at radius 3 is 2.38 bits per heavy atom. The fourth-order valence-electron chi connectivity index (χ4n) is 2.79. The molecule has 10 heteroatoms. The SMILES string of the molecule is CC(=O)c1cccc(NC(=O)C(C)N(c2cc([N+](=O)[O-])ccc2C)S(C)(=O)=O)c1. The van der Waals surface area contributed by atoms with Gasteiger partial charge in [0.15, 0.2) is 5.78 Å². The maximum atomic E-state index is 12.7. The number of sulfonamides is 1. The molecule has 9 nitrogen and oxygen atoms in total. The molecule has 1 N–H and O–H groups in total. The number of carbonyl (C=O) groups is 2. The maximum absolute atomic E-state index is 12.7. The molecule has 29 heavy (non-hydrogen) atoms.